The van der Waals surface area contributed by atoms with Gasteiger partial charge in [0.25, 0.3) is 5.91 Å². The molecule has 6 N–H and O–H groups in total. The highest BCUT2D eigenvalue weighted by Crippen LogP contribution is 2.50. The van der Waals surface area contributed by atoms with Gasteiger partial charge in [-0.15, -0.1) is 23.2 Å². The molecule has 10 nitrogen and oxygen atoms in total. The quantitative estimate of drug-likeness (QED) is 0.119. The Hall–Kier alpha value is -3.19. The van der Waals surface area contributed by atoms with Crippen LogP contribution in [-0.4, -0.2) is 78.4 Å². The fourth-order valence-corrected chi connectivity index (χ4v) is 7.01. The van der Waals surface area contributed by atoms with E-state index in [0.29, 0.717) is 55.2 Å². The summed E-state index contributed by atoms with van der Waals surface area (Å²) in [7, 11) is 0.279. The Morgan fingerprint density at radius 1 is 0.978 bits per heavy atom. The van der Waals surface area contributed by atoms with Crippen molar-refractivity contribution in [2.24, 2.45) is 0 Å². The monoisotopic (exact) mass is 662 g/mol. The molecule has 1 aliphatic heterocycles. The van der Waals surface area contributed by atoms with Crippen molar-refractivity contribution < 1.29 is 28.5 Å². The number of methoxy groups -OCH3 is 2. The number of carbonyl (C=O) groups excluding carboxylic acids is 1. The standard InChI is InChI=1S/C33H46N4O6S.ClH/c1-4-35-27-19-26(20-28(21-27)37-14-8-9-15-44(37,40)41)33(39)36-31(18-24-10-6-5-7-11-24)32(38)23-34-13-12-25-16-29(42-2)22-30(17-25)43-3;/h5-7,10-11,16-17,19-22,31-32,34-35,38,40-41H,4,8-9,12-15,18,23H2,1-3H3,(H,36,39);1H/t31-,32-;/m0./s1. The zero-order valence-corrected chi connectivity index (χ0v) is 27.8. The van der Waals surface area contributed by atoms with Gasteiger partial charge in [-0.25, -0.2) is 0 Å². The average Bonchev–Trinajstić information content (AvgIpc) is 3.02. The lowest BCUT2D eigenvalue weighted by Gasteiger charge is -2.47. The molecule has 3 aromatic rings. The Kier molecular flexibility index (Phi) is 14.1. The Bertz CT molecular complexity index is 1340. The van der Waals surface area contributed by atoms with Crippen LogP contribution in [0.1, 0.15) is 41.3 Å². The summed E-state index contributed by atoms with van der Waals surface area (Å²) in [5, 5.41) is 20.9. The van der Waals surface area contributed by atoms with E-state index in [-0.39, 0.29) is 24.9 Å². The van der Waals surface area contributed by atoms with E-state index in [1.165, 1.54) is 0 Å². The minimum atomic E-state index is -2.96. The van der Waals surface area contributed by atoms with Crippen LogP contribution >= 0.6 is 23.2 Å². The van der Waals surface area contributed by atoms with Gasteiger partial charge in [-0.2, -0.15) is 0 Å². The van der Waals surface area contributed by atoms with Crippen LogP contribution < -0.4 is 29.7 Å². The highest BCUT2D eigenvalue weighted by atomic mass is 35.5. The summed E-state index contributed by atoms with van der Waals surface area (Å²) in [6.45, 7) is 3.99. The lowest BCUT2D eigenvalue weighted by molar-refractivity contribution is 0.0831. The largest absolute Gasteiger partial charge is 0.497 e. The SMILES string of the molecule is CCNc1cc(C(=O)N[C@@H](Cc2ccccc2)[C@@H](O)CNCCc2cc(OC)cc(OC)c2)cc(N2CCCCS2(O)O)c1.Cl. The molecule has 45 heavy (non-hydrogen) atoms. The van der Waals surface area contributed by atoms with Crippen molar-refractivity contribution >= 4 is 40.5 Å². The van der Waals surface area contributed by atoms with Crippen molar-refractivity contribution in [3.63, 3.8) is 0 Å². The van der Waals surface area contributed by atoms with Crippen LogP contribution in [-0.2, 0) is 12.8 Å². The van der Waals surface area contributed by atoms with Gasteiger partial charge in [0.1, 0.15) is 11.5 Å². The molecular formula is C33H47ClN4O6S. The number of halogens is 1. The van der Waals surface area contributed by atoms with Crippen LogP contribution in [0.5, 0.6) is 11.5 Å². The first-order valence-corrected chi connectivity index (χ1v) is 16.8. The van der Waals surface area contributed by atoms with Crippen LogP contribution in [0.4, 0.5) is 11.4 Å². The van der Waals surface area contributed by atoms with E-state index in [2.05, 4.69) is 16.0 Å². The van der Waals surface area contributed by atoms with Crippen LogP contribution in [0.3, 0.4) is 0 Å². The molecule has 2 atom stereocenters. The van der Waals surface area contributed by atoms with Gasteiger partial charge in [-0.3, -0.25) is 18.2 Å². The molecule has 3 aromatic carbocycles. The van der Waals surface area contributed by atoms with Crippen LogP contribution in [0, 0.1) is 0 Å². The highest BCUT2D eigenvalue weighted by molar-refractivity contribution is 8.25. The van der Waals surface area contributed by atoms with Gasteiger partial charge in [-0.1, -0.05) is 30.3 Å². The maximum Gasteiger partial charge on any atom is 0.251 e. The predicted molar refractivity (Wildman–Crippen MR) is 186 cm³/mol. The number of amides is 1. The van der Waals surface area contributed by atoms with E-state index < -0.39 is 22.9 Å². The van der Waals surface area contributed by atoms with E-state index >= 15 is 0 Å². The molecule has 4 rings (SSSR count). The van der Waals surface area contributed by atoms with Crippen molar-refractivity contribution in [1.29, 1.82) is 0 Å². The number of ether oxygens (including phenoxy) is 2. The summed E-state index contributed by atoms with van der Waals surface area (Å²) in [6.07, 6.45) is 1.86. The number of rotatable bonds is 15. The topological polar surface area (TPSA) is 136 Å². The van der Waals surface area contributed by atoms with E-state index in [9.17, 15) is 19.0 Å². The maximum atomic E-state index is 13.7. The van der Waals surface area contributed by atoms with Gasteiger partial charge in [0.15, 0.2) is 0 Å². The van der Waals surface area contributed by atoms with Gasteiger partial charge in [-0.05, 0) is 80.6 Å². The van der Waals surface area contributed by atoms with Gasteiger partial charge < -0.3 is 30.5 Å². The molecule has 12 heteroatoms. The first-order valence-electron chi connectivity index (χ1n) is 15.1. The van der Waals surface area contributed by atoms with Gasteiger partial charge in [0.05, 0.1) is 37.8 Å². The summed E-state index contributed by atoms with van der Waals surface area (Å²) >= 11 is 0. The minimum Gasteiger partial charge on any atom is -0.497 e. The molecule has 0 spiro atoms. The second-order valence-electron chi connectivity index (χ2n) is 11.0. The van der Waals surface area contributed by atoms with E-state index in [1.807, 2.05) is 61.5 Å². The van der Waals surface area contributed by atoms with Crippen LogP contribution in [0.2, 0.25) is 0 Å². The second kappa shape index (κ2) is 17.5. The molecule has 1 heterocycles. The predicted octanol–water partition coefficient (Wildman–Crippen LogP) is 5.36. The van der Waals surface area contributed by atoms with Gasteiger partial charge >= 0.3 is 0 Å². The average molecular weight is 663 g/mol. The minimum absolute atomic E-state index is 0. The third-order valence-corrected chi connectivity index (χ3v) is 9.60. The Morgan fingerprint density at radius 2 is 1.69 bits per heavy atom. The first-order chi connectivity index (χ1) is 21.2. The van der Waals surface area contributed by atoms with E-state index in [4.69, 9.17) is 9.47 Å². The number of benzene rings is 3. The third-order valence-electron chi connectivity index (χ3n) is 7.67. The Morgan fingerprint density at radius 3 is 2.33 bits per heavy atom. The molecule has 0 aliphatic carbocycles. The molecule has 1 saturated heterocycles. The number of hydrogen-bond donors (Lipinski definition) is 6. The number of aliphatic hydroxyl groups excluding tert-OH is 1. The lowest BCUT2D eigenvalue weighted by Crippen LogP contribution is -2.49. The second-order valence-corrected chi connectivity index (χ2v) is 13.1. The fourth-order valence-electron chi connectivity index (χ4n) is 5.34. The number of nitrogens with zero attached hydrogens (tertiary/aromatic N) is 1. The number of hydrogen-bond acceptors (Lipinski definition) is 9. The van der Waals surface area contributed by atoms with Crippen LogP contribution in [0.25, 0.3) is 0 Å². The molecule has 0 saturated carbocycles. The van der Waals surface area contributed by atoms with Crippen molar-refractivity contribution in [3.8, 4) is 11.5 Å². The van der Waals surface area contributed by atoms with Gasteiger partial charge in [0.2, 0.25) is 0 Å². The molecule has 1 amide bonds. The highest BCUT2D eigenvalue weighted by Gasteiger charge is 2.28. The Balaban J connectivity index is 0.00000552. The molecule has 1 aliphatic rings. The zero-order chi connectivity index (χ0) is 31.5. The first kappa shape index (κ1) is 36.3. The number of aliphatic hydroxyl groups is 1. The van der Waals surface area contributed by atoms with Crippen molar-refractivity contribution in [2.45, 2.75) is 44.8 Å². The molecule has 0 aromatic heterocycles. The van der Waals surface area contributed by atoms with Gasteiger partial charge in [0, 0.05) is 37.0 Å². The summed E-state index contributed by atoms with van der Waals surface area (Å²) < 4.78 is 33.8. The van der Waals surface area contributed by atoms with Crippen molar-refractivity contribution in [1.82, 2.24) is 10.6 Å². The zero-order valence-electron chi connectivity index (χ0n) is 26.2. The fraction of sp³-hybridized carbons (Fsp3) is 0.424. The number of nitrogens with one attached hydrogen (secondary N) is 3. The van der Waals surface area contributed by atoms with E-state index in [0.717, 1.165) is 35.5 Å². The van der Waals surface area contributed by atoms with E-state index in [1.54, 1.807) is 30.7 Å². The molecule has 0 bridgehead atoms. The summed E-state index contributed by atoms with van der Waals surface area (Å²) in [6, 6.07) is 20.2. The maximum absolute atomic E-state index is 13.7. The molecule has 0 radical (unpaired) electrons. The lowest BCUT2D eigenvalue weighted by atomic mass is 10.00. The molecule has 1 fully saturated rings. The van der Waals surface area contributed by atoms with Crippen molar-refractivity contribution in [2.75, 3.05) is 55.8 Å². The molecule has 0 unspecified atom stereocenters. The summed E-state index contributed by atoms with van der Waals surface area (Å²) in [5.74, 6) is 1.40. The third kappa shape index (κ3) is 10.4. The smallest absolute Gasteiger partial charge is 0.251 e. The number of carbonyl (C=O) groups is 1. The normalized spacial score (nSPS) is 16.1. The molecule has 248 valence electrons. The summed E-state index contributed by atoms with van der Waals surface area (Å²) in [5.41, 5.74) is 3.71. The Labute approximate surface area is 274 Å². The summed E-state index contributed by atoms with van der Waals surface area (Å²) in [4.78, 5) is 13.7. The van der Waals surface area contributed by atoms with Crippen molar-refractivity contribution in [3.05, 3.63) is 83.4 Å². The van der Waals surface area contributed by atoms with Crippen LogP contribution in [0.15, 0.2) is 66.7 Å². The number of anilines is 2. The molecular weight excluding hydrogens is 616 g/mol.